The molecule has 27 heavy (non-hydrogen) atoms. The van der Waals surface area contributed by atoms with Crippen LogP contribution in [-0.2, 0) is 4.79 Å². The summed E-state index contributed by atoms with van der Waals surface area (Å²) in [6, 6.07) is 14.6. The monoisotopic (exact) mass is 420 g/mol. The second-order valence-corrected chi connectivity index (χ2v) is 9.43. The predicted octanol–water partition coefficient (Wildman–Crippen LogP) is 4.92. The van der Waals surface area contributed by atoms with Gasteiger partial charge in [-0.05, 0) is 59.9 Å². The number of carbonyl (C=O) groups excluding carboxylic acids is 2. The summed E-state index contributed by atoms with van der Waals surface area (Å²) in [4.78, 5) is 26.2. The number of likely N-dealkylation sites (N-methyl/N-ethyl adjacent to an activating group) is 1. The van der Waals surface area contributed by atoms with Gasteiger partial charge in [-0.3, -0.25) is 9.59 Å². The van der Waals surface area contributed by atoms with Gasteiger partial charge in [-0.15, -0.1) is 23.5 Å². The molecule has 2 aromatic rings. The Labute approximate surface area is 173 Å². The van der Waals surface area contributed by atoms with Crippen LogP contribution >= 0.6 is 35.1 Å². The fraction of sp³-hybridized carbons (Fsp3) is 0.300. The summed E-state index contributed by atoms with van der Waals surface area (Å²) in [5.41, 5.74) is 2.48. The molecule has 1 heterocycles. The highest BCUT2D eigenvalue weighted by atomic mass is 35.5. The van der Waals surface area contributed by atoms with Gasteiger partial charge in [0.1, 0.15) is 0 Å². The Morgan fingerprint density at radius 2 is 1.70 bits per heavy atom. The number of rotatable bonds is 5. The average Bonchev–Trinajstić information content (AvgIpc) is 2.70. The number of nitrogens with one attached hydrogen (secondary N) is 1. The maximum Gasteiger partial charge on any atom is 0.254 e. The Kier molecular flexibility index (Phi) is 7.10. The average molecular weight is 421 g/mol. The molecule has 142 valence electrons. The SMILES string of the molecule is CN(CC(=O)Nc1ccc(Cl)cc1)C(=O)c1ccc(C2SCCCS2)cc1. The van der Waals surface area contributed by atoms with Crippen molar-refractivity contribution < 1.29 is 9.59 Å². The lowest BCUT2D eigenvalue weighted by Crippen LogP contribution is -2.34. The van der Waals surface area contributed by atoms with Gasteiger partial charge in [0.25, 0.3) is 5.91 Å². The van der Waals surface area contributed by atoms with E-state index in [0.717, 1.165) is 0 Å². The first kappa shape index (κ1) is 20.1. The van der Waals surface area contributed by atoms with E-state index >= 15 is 0 Å². The van der Waals surface area contributed by atoms with E-state index in [4.69, 9.17) is 11.6 Å². The quantitative estimate of drug-likeness (QED) is 0.745. The smallest absolute Gasteiger partial charge is 0.254 e. The summed E-state index contributed by atoms with van der Waals surface area (Å²) in [5.74, 6) is 1.95. The lowest BCUT2D eigenvalue weighted by atomic mass is 10.1. The van der Waals surface area contributed by atoms with E-state index in [1.54, 1.807) is 31.3 Å². The fourth-order valence-corrected chi connectivity index (χ4v) is 5.72. The van der Waals surface area contributed by atoms with Crippen molar-refractivity contribution in [1.82, 2.24) is 4.90 Å². The van der Waals surface area contributed by atoms with E-state index in [-0.39, 0.29) is 18.4 Å². The van der Waals surface area contributed by atoms with Crippen LogP contribution in [0.5, 0.6) is 0 Å². The third-order valence-electron chi connectivity index (χ3n) is 4.11. The van der Waals surface area contributed by atoms with E-state index in [9.17, 15) is 9.59 Å². The Bertz CT molecular complexity index is 791. The predicted molar refractivity (Wildman–Crippen MR) is 116 cm³/mol. The van der Waals surface area contributed by atoms with Gasteiger partial charge in [0.15, 0.2) is 0 Å². The Balaban J connectivity index is 1.56. The van der Waals surface area contributed by atoms with E-state index in [1.807, 2.05) is 47.8 Å². The molecule has 1 saturated heterocycles. The maximum absolute atomic E-state index is 12.6. The number of benzene rings is 2. The number of thioether (sulfide) groups is 2. The molecule has 1 aliphatic rings. The van der Waals surface area contributed by atoms with Crippen LogP contribution < -0.4 is 5.32 Å². The number of hydrogen-bond acceptors (Lipinski definition) is 4. The van der Waals surface area contributed by atoms with Gasteiger partial charge in [-0.25, -0.2) is 0 Å². The summed E-state index contributed by atoms with van der Waals surface area (Å²) < 4.78 is 0.450. The van der Waals surface area contributed by atoms with Gasteiger partial charge >= 0.3 is 0 Å². The molecule has 0 aliphatic carbocycles. The summed E-state index contributed by atoms with van der Waals surface area (Å²) in [7, 11) is 1.63. The van der Waals surface area contributed by atoms with Crippen LogP contribution in [0.1, 0.15) is 26.9 Å². The van der Waals surface area contributed by atoms with Crippen LogP contribution in [0.2, 0.25) is 5.02 Å². The molecule has 1 aliphatic heterocycles. The first-order valence-electron chi connectivity index (χ1n) is 8.67. The van der Waals surface area contributed by atoms with Gasteiger partial charge in [-0.1, -0.05) is 23.7 Å². The first-order valence-corrected chi connectivity index (χ1v) is 11.1. The molecule has 7 heteroatoms. The third-order valence-corrected chi connectivity index (χ3v) is 7.38. The number of carbonyl (C=O) groups is 2. The summed E-state index contributed by atoms with van der Waals surface area (Å²) in [5, 5.41) is 3.37. The summed E-state index contributed by atoms with van der Waals surface area (Å²) >= 11 is 9.74. The number of hydrogen-bond donors (Lipinski definition) is 1. The minimum absolute atomic E-state index is 0.0163. The number of nitrogens with zero attached hydrogens (tertiary/aromatic N) is 1. The lowest BCUT2D eigenvalue weighted by molar-refractivity contribution is -0.116. The minimum Gasteiger partial charge on any atom is -0.332 e. The van der Waals surface area contributed by atoms with Crippen molar-refractivity contribution in [2.75, 3.05) is 30.4 Å². The molecule has 0 radical (unpaired) electrons. The van der Waals surface area contributed by atoms with Crippen molar-refractivity contribution in [3.8, 4) is 0 Å². The van der Waals surface area contributed by atoms with Gasteiger partial charge in [0.05, 0.1) is 11.1 Å². The van der Waals surface area contributed by atoms with Crippen molar-refractivity contribution in [2.45, 2.75) is 11.0 Å². The van der Waals surface area contributed by atoms with E-state index in [2.05, 4.69) is 5.32 Å². The second-order valence-electron chi connectivity index (χ2n) is 6.27. The van der Waals surface area contributed by atoms with Crippen molar-refractivity contribution in [3.05, 3.63) is 64.7 Å². The molecule has 3 rings (SSSR count). The molecule has 1 fully saturated rings. The van der Waals surface area contributed by atoms with E-state index in [1.165, 1.54) is 28.4 Å². The largest absolute Gasteiger partial charge is 0.332 e. The molecule has 0 atom stereocenters. The highest BCUT2D eigenvalue weighted by Crippen LogP contribution is 2.43. The number of halogens is 1. The molecule has 0 spiro atoms. The van der Waals surface area contributed by atoms with Gasteiger partial charge in [0, 0.05) is 23.3 Å². The van der Waals surface area contributed by atoms with Crippen LogP contribution in [0.15, 0.2) is 48.5 Å². The standard InChI is InChI=1S/C20H21ClN2O2S2/c1-23(13-18(24)22-17-9-7-16(21)8-10-17)19(25)14-3-5-15(6-4-14)20-26-11-2-12-27-20/h3-10,20H,2,11-13H2,1H3,(H,22,24). The van der Waals surface area contributed by atoms with Crippen LogP contribution in [-0.4, -0.2) is 41.8 Å². The van der Waals surface area contributed by atoms with Gasteiger partial charge in [-0.2, -0.15) is 0 Å². The molecule has 2 amide bonds. The molecule has 1 N–H and O–H groups in total. The van der Waals surface area contributed by atoms with E-state index in [0.29, 0.717) is 20.9 Å². The van der Waals surface area contributed by atoms with Crippen LogP contribution in [0.3, 0.4) is 0 Å². The van der Waals surface area contributed by atoms with Crippen molar-refractivity contribution in [2.24, 2.45) is 0 Å². The zero-order chi connectivity index (χ0) is 19.2. The molecule has 0 unspecified atom stereocenters. The maximum atomic E-state index is 12.6. The normalized spacial score (nSPS) is 14.6. The Hall–Kier alpha value is -1.63. The zero-order valence-corrected chi connectivity index (χ0v) is 17.4. The van der Waals surface area contributed by atoms with Crippen molar-refractivity contribution >= 4 is 52.6 Å². The zero-order valence-electron chi connectivity index (χ0n) is 15.0. The highest BCUT2D eigenvalue weighted by Gasteiger charge is 2.18. The summed E-state index contributed by atoms with van der Waals surface area (Å²) in [6.45, 7) is -0.0163. The van der Waals surface area contributed by atoms with Crippen LogP contribution in [0, 0.1) is 0 Å². The summed E-state index contributed by atoms with van der Waals surface area (Å²) in [6.07, 6.45) is 1.26. The van der Waals surface area contributed by atoms with Crippen LogP contribution in [0.25, 0.3) is 0 Å². The molecule has 4 nitrogen and oxygen atoms in total. The van der Waals surface area contributed by atoms with E-state index < -0.39 is 0 Å². The molecular formula is C20H21ClN2O2S2. The Morgan fingerprint density at radius 1 is 1.07 bits per heavy atom. The van der Waals surface area contributed by atoms with Gasteiger partial charge in [0.2, 0.25) is 5.91 Å². The second kappa shape index (κ2) is 9.53. The van der Waals surface area contributed by atoms with Crippen LogP contribution in [0.4, 0.5) is 5.69 Å². The minimum atomic E-state index is -0.250. The van der Waals surface area contributed by atoms with Gasteiger partial charge < -0.3 is 10.2 Å². The topological polar surface area (TPSA) is 49.4 Å². The molecule has 0 bridgehead atoms. The number of amides is 2. The fourth-order valence-electron chi connectivity index (χ4n) is 2.70. The first-order chi connectivity index (χ1) is 13.0. The molecule has 0 saturated carbocycles. The third kappa shape index (κ3) is 5.67. The lowest BCUT2D eigenvalue weighted by Gasteiger charge is -2.21. The number of anilines is 1. The molecule has 0 aromatic heterocycles. The molecule has 2 aromatic carbocycles. The highest BCUT2D eigenvalue weighted by molar-refractivity contribution is 8.16. The van der Waals surface area contributed by atoms with Crippen molar-refractivity contribution in [3.63, 3.8) is 0 Å². The molecular weight excluding hydrogens is 400 g/mol. The van der Waals surface area contributed by atoms with Crippen molar-refractivity contribution in [1.29, 1.82) is 0 Å². The Morgan fingerprint density at radius 3 is 2.33 bits per heavy atom.